The van der Waals surface area contributed by atoms with Crippen molar-refractivity contribution in [1.82, 2.24) is 89.6 Å². The number of halogens is 1. The normalized spacial score (nSPS) is 14.9. The standard InChI is InChI=1S/C79H109ClN20O16/c1-7-85-78(115)89-43-63(99-79(116)86-8-2)67(105)87-33-12-11-19-56(68(106)94-58(36-45(3)4)69(107)93-57(20-14-34-88-77(82)83)76(114)100-35-15-21-65(100)75(113)90-46(5)66(81)104)92-71(109)60(39-49-25-30-55(103)31-26-49)97-74(112)64(44-101)98-73(111)62(41-51-16-13-32-84-42-51)96-72(110)61(38-48-23-28-54(80)29-24-48)95-70(108)59(91-47(6)102)40-50-22-27-52-17-9-10-18-53(52)37-50/h9-10,13,16-18,22-32,37,42,45-46,56-65,101,103H,7-8,11-12,14-15,19-21,33-36,38-41,43-44H2,1-6H3,(H2,81,104)(H,87,105)(H,90,113)(H,91,102)(H,92,109)(H,93,107)(H,94,106)(H,95,108)(H,96,110)(H,97,112)(H,98,111)(H4,82,83,88)(H2,85,89,115)(H2,86,99,116)/t46-,56-,57+,58+,59-,60+,61-,62-,63?,64+,65+/m1/s1. The Hall–Kier alpha value is -12.2. The van der Waals surface area contributed by atoms with Crippen molar-refractivity contribution in [1.29, 1.82) is 5.41 Å². The lowest BCUT2D eigenvalue weighted by atomic mass is 9.99. The van der Waals surface area contributed by atoms with Gasteiger partial charge >= 0.3 is 12.1 Å². The SMILES string of the molecule is CCNC(=O)NCC(NC(=O)NCC)C(=O)NCCCC[C@@H](NC(=O)[C@H](Cc1ccc(O)cc1)NC(=O)[C@H](CO)NC(=O)[C@@H](Cc1cccnc1)NC(=O)[C@@H](Cc1ccc(Cl)cc1)NC(=O)[C@@H](Cc1ccc2ccccc2c1)NC(C)=O)C(=O)N[C@@H](CC(C)C)C(=O)N[C@@H](CCCNC(=N)N)C(=O)N1CCC[C@H]1C(=O)N[C@H](C)C(N)=O. The highest BCUT2D eigenvalue weighted by Crippen LogP contribution is 2.23. The number of likely N-dealkylation sites (tertiary alicyclic amines) is 1. The average molecular weight is 1630 g/mol. The number of phenols is 1. The van der Waals surface area contributed by atoms with Crippen molar-refractivity contribution in [3.8, 4) is 5.75 Å². The van der Waals surface area contributed by atoms with E-state index in [1.807, 2.05) is 42.5 Å². The fraction of sp³-hybridized carbons (Fsp3) is 0.468. The van der Waals surface area contributed by atoms with E-state index in [4.69, 9.17) is 28.5 Å². The van der Waals surface area contributed by atoms with Gasteiger partial charge in [0.25, 0.3) is 0 Å². The Morgan fingerprint density at radius 3 is 1.60 bits per heavy atom. The molecular formula is C79H109ClN20O16. The van der Waals surface area contributed by atoms with Gasteiger partial charge in [0.05, 0.1) is 6.61 Å². The maximum Gasteiger partial charge on any atom is 0.315 e. The Kier molecular flexibility index (Phi) is 37.9. The Morgan fingerprint density at radius 1 is 0.517 bits per heavy atom. The molecule has 1 fully saturated rings. The number of aliphatic hydroxyl groups excluding tert-OH is 1. The highest BCUT2D eigenvalue weighted by molar-refractivity contribution is 6.30. The van der Waals surface area contributed by atoms with Crippen molar-refractivity contribution in [3.05, 3.63) is 143 Å². The van der Waals surface area contributed by atoms with Gasteiger partial charge < -0.3 is 106 Å². The summed E-state index contributed by atoms with van der Waals surface area (Å²) in [4.78, 5) is 201. The summed E-state index contributed by atoms with van der Waals surface area (Å²) in [7, 11) is 0. The number of primary amides is 1. The number of aromatic hydroxyl groups is 1. The van der Waals surface area contributed by atoms with Crippen molar-refractivity contribution in [3.63, 3.8) is 0 Å². The Bertz CT molecular complexity index is 4200. The van der Waals surface area contributed by atoms with Crippen LogP contribution in [0, 0.1) is 11.3 Å². The molecule has 22 N–H and O–H groups in total. The first kappa shape index (κ1) is 92.7. The Balaban J connectivity index is 1.31. The summed E-state index contributed by atoms with van der Waals surface area (Å²) in [5.41, 5.74) is 12.9. The van der Waals surface area contributed by atoms with Crippen molar-refractivity contribution in [2.45, 2.75) is 185 Å². The van der Waals surface area contributed by atoms with E-state index < -0.39 is 156 Å². The highest BCUT2D eigenvalue weighted by Gasteiger charge is 2.41. The van der Waals surface area contributed by atoms with E-state index in [0.717, 1.165) is 10.8 Å². The summed E-state index contributed by atoms with van der Waals surface area (Å²) in [6.07, 6.45) is 2.55. The molecule has 5 aromatic rings. The molecule has 16 amide bonds. The van der Waals surface area contributed by atoms with E-state index in [0.29, 0.717) is 33.7 Å². The van der Waals surface area contributed by atoms with Gasteiger partial charge in [0.2, 0.25) is 70.9 Å². The van der Waals surface area contributed by atoms with Crippen LogP contribution < -0.4 is 91.2 Å². The number of nitrogens with two attached hydrogens (primary N) is 2. The molecule has 4 aromatic carbocycles. The highest BCUT2D eigenvalue weighted by atomic mass is 35.5. The number of hydrogen-bond acceptors (Lipinski definition) is 18. The first-order valence-electron chi connectivity index (χ1n) is 38.6. The number of hydrogen-bond donors (Lipinski definition) is 20. The van der Waals surface area contributed by atoms with Crippen LogP contribution in [0.3, 0.4) is 0 Å². The van der Waals surface area contributed by atoms with Crippen LogP contribution in [0.25, 0.3) is 10.8 Å². The number of unbranched alkanes of at least 4 members (excludes halogenated alkanes) is 1. The molecule has 0 spiro atoms. The van der Waals surface area contributed by atoms with Crippen LogP contribution in [0.2, 0.25) is 5.02 Å². The zero-order chi connectivity index (χ0) is 85.0. The van der Waals surface area contributed by atoms with Gasteiger partial charge in [-0.15, -0.1) is 0 Å². The molecule has 116 heavy (non-hydrogen) atoms. The van der Waals surface area contributed by atoms with Crippen LogP contribution in [-0.4, -0.2) is 221 Å². The van der Waals surface area contributed by atoms with E-state index >= 15 is 9.59 Å². The lowest BCUT2D eigenvalue weighted by molar-refractivity contribution is -0.142. The van der Waals surface area contributed by atoms with Gasteiger partial charge in [0, 0.05) is 89.3 Å². The fourth-order valence-electron chi connectivity index (χ4n) is 12.7. The second-order valence-corrected chi connectivity index (χ2v) is 29.0. The molecule has 1 aromatic heterocycles. The first-order chi connectivity index (χ1) is 55.3. The third-order valence-corrected chi connectivity index (χ3v) is 19.0. The van der Waals surface area contributed by atoms with E-state index in [-0.39, 0.29) is 128 Å². The monoisotopic (exact) mass is 1630 g/mol. The number of fused-ring (bicyclic) bond motifs is 1. The summed E-state index contributed by atoms with van der Waals surface area (Å²) in [6, 6.07) is 11.3. The van der Waals surface area contributed by atoms with Gasteiger partial charge in [-0.2, -0.15) is 0 Å². The number of carbonyl (C=O) groups is 14. The number of phenolic OH excluding ortho intramolecular Hbond substituents is 1. The summed E-state index contributed by atoms with van der Waals surface area (Å²) in [5.74, 6) is -11.0. The molecule has 1 saturated heterocycles. The predicted molar refractivity (Wildman–Crippen MR) is 431 cm³/mol. The average Bonchev–Trinajstić information content (AvgIpc) is 1.63. The molecule has 6 rings (SSSR count). The van der Waals surface area contributed by atoms with Crippen LogP contribution in [-0.2, 0) is 83.2 Å². The summed E-state index contributed by atoms with van der Waals surface area (Å²) in [5, 5.41) is 70.7. The van der Waals surface area contributed by atoms with Gasteiger partial charge in [-0.05, 0) is 141 Å². The molecule has 2 heterocycles. The van der Waals surface area contributed by atoms with Gasteiger partial charge in [0.15, 0.2) is 5.96 Å². The number of amides is 16. The van der Waals surface area contributed by atoms with Gasteiger partial charge in [-0.3, -0.25) is 67.9 Å². The van der Waals surface area contributed by atoms with Crippen LogP contribution >= 0.6 is 11.6 Å². The number of carbonyl (C=O) groups excluding carboxylic acids is 14. The minimum Gasteiger partial charge on any atom is -0.508 e. The minimum atomic E-state index is -1.89. The van der Waals surface area contributed by atoms with Gasteiger partial charge in [-0.25, -0.2) is 9.59 Å². The number of pyridine rings is 1. The predicted octanol–water partition coefficient (Wildman–Crippen LogP) is -0.661. The van der Waals surface area contributed by atoms with Crippen LogP contribution in [0.15, 0.2) is 116 Å². The van der Waals surface area contributed by atoms with Crippen LogP contribution in [0.5, 0.6) is 5.75 Å². The molecule has 0 saturated carbocycles. The molecule has 1 aliphatic rings. The largest absolute Gasteiger partial charge is 0.508 e. The molecule has 1 aliphatic heterocycles. The number of aliphatic hydroxyl groups is 1. The number of aromatic nitrogens is 1. The lowest BCUT2D eigenvalue weighted by Gasteiger charge is -2.31. The maximum absolute atomic E-state index is 15.2. The topological polar surface area (TPSA) is 552 Å². The van der Waals surface area contributed by atoms with Gasteiger partial charge in [-0.1, -0.05) is 98.2 Å². The number of benzene rings is 4. The third kappa shape index (κ3) is 31.3. The number of rotatable bonds is 45. The Morgan fingerprint density at radius 2 is 1.03 bits per heavy atom. The number of nitrogens with one attached hydrogen (secondary N) is 16. The maximum atomic E-state index is 15.2. The molecule has 36 nitrogen and oxygen atoms in total. The van der Waals surface area contributed by atoms with E-state index in [2.05, 4.69) is 84.7 Å². The second kappa shape index (κ2) is 47.5. The van der Waals surface area contributed by atoms with E-state index in [1.165, 1.54) is 55.4 Å². The Labute approximate surface area is 677 Å². The molecule has 0 radical (unpaired) electrons. The van der Waals surface area contributed by atoms with Crippen LogP contribution in [0.4, 0.5) is 9.59 Å². The number of urea groups is 2. The fourth-order valence-corrected chi connectivity index (χ4v) is 12.8. The smallest absolute Gasteiger partial charge is 0.315 e. The number of guanidine groups is 1. The van der Waals surface area contributed by atoms with Crippen LogP contribution in [0.1, 0.15) is 115 Å². The summed E-state index contributed by atoms with van der Waals surface area (Å²) >= 11 is 6.25. The molecular weight excluding hydrogens is 1520 g/mol. The van der Waals surface area contributed by atoms with Crippen molar-refractivity contribution < 1.29 is 77.3 Å². The van der Waals surface area contributed by atoms with Gasteiger partial charge in [0.1, 0.15) is 72.2 Å². The molecule has 1 unspecified atom stereocenters. The van der Waals surface area contributed by atoms with Crippen molar-refractivity contribution in [2.75, 3.05) is 45.9 Å². The second-order valence-electron chi connectivity index (χ2n) is 28.5. The third-order valence-electron chi connectivity index (χ3n) is 18.7. The molecule has 628 valence electrons. The summed E-state index contributed by atoms with van der Waals surface area (Å²) in [6.45, 7) is 8.59. The molecule has 11 atom stereocenters. The van der Waals surface area contributed by atoms with E-state index in [1.54, 1.807) is 64.1 Å². The minimum absolute atomic E-state index is 0.00889. The number of nitrogens with zero attached hydrogens (tertiary/aromatic N) is 2. The lowest BCUT2D eigenvalue weighted by Crippen LogP contribution is -2.61. The quantitative estimate of drug-likeness (QED) is 0.0131. The molecule has 0 aliphatic carbocycles. The summed E-state index contributed by atoms with van der Waals surface area (Å²) < 4.78 is 0. The first-order valence-corrected chi connectivity index (χ1v) is 38.9. The van der Waals surface area contributed by atoms with Crippen molar-refractivity contribution >= 4 is 111 Å². The molecule has 37 heteroatoms. The zero-order valence-electron chi connectivity index (χ0n) is 65.9. The van der Waals surface area contributed by atoms with E-state index in [9.17, 15) is 67.7 Å². The zero-order valence-corrected chi connectivity index (χ0v) is 66.6. The van der Waals surface area contributed by atoms with Crippen molar-refractivity contribution in [2.24, 2.45) is 17.4 Å². The molecule has 0 bridgehead atoms.